The normalized spacial score (nSPS) is 15.0. The minimum absolute atomic E-state index is 0. The number of fused-ring (bicyclic) bond motifs is 3. The van der Waals surface area contributed by atoms with Crippen molar-refractivity contribution < 1.29 is 36.8 Å². The second kappa shape index (κ2) is 12.6. The second-order valence-corrected chi connectivity index (χ2v) is 7.77. The van der Waals surface area contributed by atoms with Gasteiger partial charge in [0.15, 0.2) is 0 Å². The maximum Gasteiger partial charge on any atom is 2.00 e. The SMILES string of the molecule is O=[N+]([O-])c1cc2c(c([N+](=O)[O-])c1)-c1c(cc([N+](=O)[O-])cc1[N+](=O)[O-])C2=CC#C[C]1[CH][CH][CH][CH]1.[CH]1[CH][CH][CH][CH]1.[Fe+2]. The third-order valence-electron chi connectivity index (χ3n) is 5.50. The van der Waals surface area contributed by atoms with Gasteiger partial charge >= 0.3 is 17.1 Å². The molecule has 0 spiro atoms. The Morgan fingerprint density at radius 1 is 0.590 bits per heavy atom. The molecule has 5 rings (SSSR count). The summed E-state index contributed by atoms with van der Waals surface area (Å²) >= 11 is 0. The summed E-state index contributed by atoms with van der Waals surface area (Å²) in [6.45, 7) is 0. The van der Waals surface area contributed by atoms with E-state index in [9.17, 15) is 40.5 Å². The van der Waals surface area contributed by atoms with Crippen LogP contribution in [0.15, 0.2) is 30.3 Å². The molecule has 0 heterocycles. The van der Waals surface area contributed by atoms with Crippen LogP contribution in [-0.4, -0.2) is 19.7 Å². The summed E-state index contributed by atoms with van der Waals surface area (Å²) in [5.74, 6) is 6.15. The van der Waals surface area contributed by atoms with E-state index in [1.807, 2.05) is 32.1 Å². The van der Waals surface area contributed by atoms with E-state index in [1.165, 1.54) is 6.08 Å². The zero-order valence-corrected chi connectivity index (χ0v) is 20.6. The minimum atomic E-state index is -0.890. The van der Waals surface area contributed by atoms with Gasteiger partial charge in [-0.3, -0.25) is 40.5 Å². The Labute approximate surface area is 233 Å². The monoisotopic (exact) mass is 566 g/mol. The maximum atomic E-state index is 11.7. The first kappa shape index (κ1) is 29.4. The molecule has 39 heavy (non-hydrogen) atoms. The Morgan fingerprint density at radius 3 is 1.36 bits per heavy atom. The number of allylic oxidation sites excluding steroid dienone is 1. The van der Waals surface area contributed by atoms with Crippen LogP contribution in [0.3, 0.4) is 0 Å². The Hall–Kier alpha value is -4.14. The largest absolute Gasteiger partial charge is 2.00 e. The molecule has 0 N–H and O–H groups in total. The van der Waals surface area contributed by atoms with Gasteiger partial charge in [0, 0.05) is 23.3 Å². The fourth-order valence-electron chi connectivity index (χ4n) is 3.94. The van der Waals surface area contributed by atoms with E-state index in [0.29, 0.717) is 18.1 Å². The number of rotatable bonds is 4. The van der Waals surface area contributed by atoms with Crippen molar-refractivity contribution in [3.8, 4) is 23.0 Å². The topological polar surface area (TPSA) is 173 Å². The van der Waals surface area contributed by atoms with Crippen molar-refractivity contribution in [2.75, 3.05) is 0 Å². The molecule has 2 saturated carbocycles. The number of hydrogen-bond acceptors (Lipinski definition) is 8. The Kier molecular flexibility index (Phi) is 9.51. The number of non-ortho nitro benzene ring substituents is 2. The molecule has 0 aromatic heterocycles. The van der Waals surface area contributed by atoms with E-state index < -0.39 is 42.4 Å². The number of nitro benzene ring substituents is 4. The van der Waals surface area contributed by atoms with E-state index in [1.54, 1.807) is 25.7 Å². The van der Waals surface area contributed by atoms with Gasteiger partial charge in [-0.25, -0.2) is 0 Å². The molecule has 2 aromatic rings. The molecule has 2 aromatic carbocycles. The summed E-state index contributed by atoms with van der Waals surface area (Å²) in [6, 6.07) is 3.47. The van der Waals surface area contributed by atoms with Crippen LogP contribution in [0.4, 0.5) is 22.7 Å². The molecular formula is C26H14FeN4O8+2. The van der Waals surface area contributed by atoms with Gasteiger partial charge in [0.25, 0.3) is 22.7 Å². The zero-order chi connectivity index (χ0) is 27.4. The maximum absolute atomic E-state index is 11.7. The second-order valence-electron chi connectivity index (χ2n) is 7.77. The fraction of sp³-hybridized carbons (Fsp3) is 0. The third kappa shape index (κ3) is 6.30. The predicted octanol–water partition coefficient (Wildman–Crippen LogP) is 5.16. The quantitative estimate of drug-likeness (QED) is 0.180. The van der Waals surface area contributed by atoms with Gasteiger partial charge in [0.1, 0.15) is 0 Å². The molecule has 0 atom stereocenters. The molecule has 10 radical (unpaired) electrons. The van der Waals surface area contributed by atoms with Crippen molar-refractivity contribution in [2.24, 2.45) is 0 Å². The van der Waals surface area contributed by atoms with Crippen LogP contribution in [0.1, 0.15) is 11.1 Å². The van der Waals surface area contributed by atoms with Gasteiger partial charge in [0.05, 0.1) is 48.9 Å². The molecule has 0 bridgehead atoms. The smallest absolute Gasteiger partial charge is 0.258 e. The van der Waals surface area contributed by atoms with Gasteiger partial charge in [-0.15, -0.1) is 0 Å². The molecule has 3 aliphatic rings. The van der Waals surface area contributed by atoms with Crippen molar-refractivity contribution in [3.63, 3.8) is 0 Å². The van der Waals surface area contributed by atoms with Crippen LogP contribution in [0.2, 0.25) is 0 Å². The Balaban J connectivity index is 0.000000630. The molecule has 0 unspecified atom stereocenters. The summed E-state index contributed by atoms with van der Waals surface area (Å²) in [5, 5.41) is 46.2. The van der Waals surface area contributed by atoms with Crippen molar-refractivity contribution in [1.29, 1.82) is 0 Å². The fourth-order valence-corrected chi connectivity index (χ4v) is 3.94. The van der Waals surface area contributed by atoms with E-state index in [0.717, 1.165) is 12.1 Å². The van der Waals surface area contributed by atoms with Crippen molar-refractivity contribution in [2.45, 2.75) is 0 Å². The van der Waals surface area contributed by atoms with Crippen molar-refractivity contribution >= 4 is 28.3 Å². The first-order valence-corrected chi connectivity index (χ1v) is 10.7. The summed E-state index contributed by atoms with van der Waals surface area (Å²) < 4.78 is 0. The molecule has 0 amide bonds. The third-order valence-corrected chi connectivity index (χ3v) is 5.50. The summed E-state index contributed by atoms with van der Waals surface area (Å²) in [5.41, 5.74) is -3.18. The molecule has 192 valence electrons. The number of hydrogen-bond donors (Lipinski definition) is 0. The number of nitrogens with zero attached hydrogens (tertiary/aromatic N) is 4. The Morgan fingerprint density at radius 2 is 1.00 bits per heavy atom. The van der Waals surface area contributed by atoms with Crippen LogP contribution >= 0.6 is 0 Å². The van der Waals surface area contributed by atoms with Gasteiger partial charge in [0.2, 0.25) is 0 Å². The Bertz CT molecular complexity index is 1340. The van der Waals surface area contributed by atoms with Gasteiger partial charge in [-0.1, -0.05) is 11.8 Å². The van der Waals surface area contributed by atoms with Crippen LogP contribution < -0.4 is 0 Å². The summed E-state index contributed by atoms with van der Waals surface area (Å²) in [4.78, 5) is 42.8. The van der Waals surface area contributed by atoms with E-state index >= 15 is 0 Å². The molecule has 0 aliphatic heterocycles. The zero-order valence-electron chi connectivity index (χ0n) is 19.5. The van der Waals surface area contributed by atoms with Gasteiger partial charge < -0.3 is 0 Å². The van der Waals surface area contributed by atoms with E-state index in [4.69, 9.17) is 0 Å². The van der Waals surface area contributed by atoms with Crippen LogP contribution in [0.5, 0.6) is 0 Å². The summed E-state index contributed by atoms with van der Waals surface area (Å²) in [7, 11) is 0. The standard InChI is InChI=1S/C21H9N4O8.C5H5.Fe/c26-22(27)13-8-16-15(7-3-6-12-4-1-2-5-12)17-9-14(23(28)29)11-19(25(32)33)21(17)20(16)18(10-13)24(30)31;1-2-4-5-3-1;/h1-2,4-5,7-11H;1-5H;/q;;+2. The van der Waals surface area contributed by atoms with Gasteiger partial charge in [-0.2, -0.15) is 0 Å². The average molecular weight is 566 g/mol. The molecule has 2 fully saturated rings. The predicted molar refractivity (Wildman–Crippen MR) is 135 cm³/mol. The number of benzene rings is 2. The molecule has 13 heteroatoms. The average Bonchev–Trinajstić information content (AvgIpc) is 3.66. The van der Waals surface area contributed by atoms with Crippen LogP contribution in [-0.2, 0) is 17.1 Å². The first-order valence-electron chi connectivity index (χ1n) is 10.7. The minimum Gasteiger partial charge on any atom is -0.258 e. The first-order chi connectivity index (χ1) is 18.2. The van der Waals surface area contributed by atoms with Crippen LogP contribution in [0, 0.1) is 116 Å². The summed E-state index contributed by atoms with van der Waals surface area (Å²) in [6.07, 6.45) is 18.2. The van der Waals surface area contributed by atoms with E-state index in [2.05, 4.69) is 11.8 Å². The van der Waals surface area contributed by atoms with Crippen molar-refractivity contribution in [3.05, 3.63) is 146 Å². The van der Waals surface area contributed by atoms with Gasteiger partial charge in [-0.05, 0) is 69.4 Å². The van der Waals surface area contributed by atoms with Crippen LogP contribution in [0.25, 0.3) is 16.7 Å². The van der Waals surface area contributed by atoms with E-state index in [-0.39, 0.29) is 44.9 Å². The molecule has 0 saturated heterocycles. The molecule has 12 nitrogen and oxygen atoms in total. The molecular weight excluding hydrogens is 552 g/mol. The number of nitro groups is 4. The van der Waals surface area contributed by atoms with Crippen molar-refractivity contribution in [1.82, 2.24) is 0 Å². The molecule has 3 aliphatic carbocycles.